The van der Waals surface area contributed by atoms with Crippen LogP contribution in [0.25, 0.3) is 0 Å². The van der Waals surface area contributed by atoms with E-state index in [0.717, 1.165) is 11.1 Å². The summed E-state index contributed by atoms with van der Waals surface area (Å²) in [6.07, 6.45) is 3.94. The summed E-state index contributed by atoms with van der Waals surface area (Å²) in [6, 6.07) is 8.09. The van der Waals surface area contributed by atoms with Gasteiger partial charge in [0.05, 0.1) is 4.90 Å². The lowest BCUT2D eigenvalue weighted by molar-refractivity contribution is -0.132. The topological polar surface area (TPSA) is 110 Å². The molecule has 8 heteroatoms. The summed E-state index contributed by atoms with van der Waals surface area (Å²) >= 11 is 0. The fourth-order valence-electron chi connectivity index (χ4n) is 2.97. The van der Waals surface area contributed by atoms with Crippen LogP contribution in [0.5, 0.6) is 0 Å². The summed E-state index contributed by atoms with van der Waals surface area (Å²) in [4.78, 5) is 30.1. The maximum Gasteiger partial charge on any atom is 0.238 e. The molecule has 2 N–H and O–H groups in total. The Labute approximate surface area is 151 Å². The first-order valence-electron chi connectivity index (χ1n) is 8.20. The van der Waals surface area contributed by atoms with E-state index >= 15 is 0 Å². The van der Waals surface area contributed by atoms with E-state index in [1.807, 2.05) is 0 Å². The number of hydrogen-bond donors (Lipinski definition) is 1. The number of aromatic nitrogens is 1. The smallest absolute Gasteiger partial charge is 0.238 e. The minimum atomic E-state index is -3.78. The SMILES string of the molecule is NS(=O)(=O)c1ccc2c(c1)CN(C(=O)CCC(=O)c1cccnc1)CC2. The molecular formula is C18H19N3O4S. The molecule has 136 valence electrons. The van der Waals surface area contributed by atoms with E-state index in [1.54, 1.807) is 29.3 Å². The van der Waals surface area contributed by atoms with Crippen molar-refractivity contribution >= 4 is 21.7 Å². The van der Waals surface area contributed by atoms with Gasteiger partial charge in [-0.1, -0.05) is 6.07 Å². The average molecular weight is 373 g/mol. The van der Waals surface area contributed by atoms with Gasteiger partial charge in [-0.05, 0) is 41.8 Å². The van der Waals surface area contributed by atoms with Crippen molar-refractivity contribution in [1.82, 2.24) is 9.88 Å². The summed E-state index contributed by atoms with van der Waals surface area (Å²) in [6.45, 7) is 0.861. The molecule has 0 atom stereocenters. The molecular weight excluding hydrogens is 354 g/mol. The van der Waals surface area contributed by atoms with Gasteiger partial charge in [0.1, 0.15) is 0 Å². The number of sulfonamides is 1. The van der Waals surface area contributed by atoms with Gasteiger partial charge in [-0.15, -0.1) is 0 Å². The normalized spacial score (nSPS) is 14.0. The molecule has 26 heavy (non-hydrogen) atoms. The molecule has 1 aliphatic heterocycles. The molecule has 1 aliphatic rings. The molecule has 2 heterocycles. The van der Waals surface area contributed by atoms with E-state index in [9.17, 15) is 18.0 Å². The van der Waals surface area contributed by atoms with Crippen LogP contribution in [0.15, 0.2) is 47.6 Å². The minimum Gasteiger partial charge on any atom is -0.338 e. The van der Waals surface area contributed by atoms with Crippen LogP contribution >= 0.6 is 0 Å². The molecule has 1 aromatic carbocycles. The van der Waals surface area contributed by atoms with E-state index in [0.29, 0.717) is 25.1 Å². The van der Waals surface area contributed by atoms with Gasteiger partial charge in [0, 0.05) is 43.9 Å². The van der Waals surface area contributed by atoms with Crippen LogP contribution in [0.2, 0.25) is 0 Å². The number of ketones is 1. The largest absolute Gasteiger partial charge is 0.338 e. The Hall–Kier alpha value is -2.58. The van der Waals surface area contributed by atoms with E-state index in [4.69, 9.17) is 5.14 Å². The van der Waals surface area contributed by atoms with Gasteiger partial charge in [-0.3, -0.25) is 14.6 Å². The van der Waals surface area contributed by atoms with Crippen LogP contribution in [0.4, 0.5) is 0 Å². The summed E-state index contributed by atoms with van der Waals surface area (Å²) in [7, 11) is -3.78. The lowest BCUT2D eigenvalue weighted by Gasteiger charge is -2.29. The van der Waals surface area contributed by atoms with E-state index < -0.39 is 10.0 Å². The quantitative estimate of drug-likeness (QED) is 0.794. The Morgan fingerprint density at radius 2 is 1.96 bits per heavy atom. The Balaban J connectivity index is 1.64. The predicted octanol–water partition coefficient (Wildman–Crippen LogP) is 1.28. The second-order valence-corrected chi connectivity index (χ2v) is 7.77. The molecule has 0 bridgehead atoms. The molecule has 0 radical (unpaired) electrons. The van der Waals surface area contributed by atoms with Crippen LogP contribution in [0.1, 0.15) is 34.3 Å². The molecule has 1 amide bonds. The minimum absolute atomic E-state index is 0.0392. The van der Waals surface area contributed by atoms with Gasteiger partial charge >= 0.3 is 0 Å². The highest BCUT2D eigenvalue weighted by Gasteiger charge is 2.22. The van der Waals surface area contributed by atoms with Crippen LogP contribution in [0, 0.1) is 0 Å². The third-order valence-corrected chi connectivity index (χ3v) is 5.33. The van der Waals surface area contributed by atoms with Crippen molar-refractivity contribution in [1.29, 1.82) is 0 Å². The van der Waals surface area contributed by atoms with Gasteiger partial charge in [-0.25, -0.2) is 13.6 Å². The van der Waals surface area contributed by atoms with Crippen LogP contribution < -0.4 is 5.14 Å². The number of Topliss-reactive ketones (excluding diaryl/α,β-unsaturated/α-hetero) is 1. The maximum atomic E-state index is 12.4. The molecule has 0 saturated heterocycles. The highest BCUT2D eigenvalue weighted by molar-refractivity contribution is 7.89. The third kappa shape index (κ3) is 4.14. The van der Waals surface area contributed by atoms with Gasteiger partial charge in [0.15, 0.2) is 5.78 Å². The van der Waals surface area contributed by atoms with Gasteiger partial charge in [0.2, 0.25) is 15.9 Å². The Morgan fingerprint density at radius 1 is 1.15 bits per heavy atom. The van der Waals surface area contributed by atoms with E-state index in [-0.39, 0.29) is 29.4 Å². The highest BCUT2D eigenvalue weighted by Crippen LogP contribution is 2.23. The predicted molar refractivity (Wildman–Crippen MR) is 94.7 cm³/mol. The first kappa shape index (κ1) is 18.2. The second kappa shape index (κ2) is 7.35. The second-order valence-electron chi connectivity index (χ2n) is 6.21. The number of rotatable bonds is 5. The van der Waals surface area contributed by atoms with Crippen molar-refractivity contribution in [2.75, 3.05) is 6.54 Å². The van der Waals surface area contributed by atoms with Crippen LogP contribution in [-0.4, -0.2) is 36.5 Å². The molecule has 0 saturated carbocycles. The van der Waals surface area contributed by atoms with Gasteiger partial charge in [-0.2, -0.15) is 0 Å². The summed E-state index contributed by atoms with van der Waals surface area (Å²) in [5.74, 6) is -0.255. The molecule has 3 rings (SSSR count). The molecule has 0 aliphatic carbocycles. The standard InChI is InChI=1S/C18H19N3O4S/c19-26(24,25)16-4-3-13-7-9-21(12-15(13)10-16)18(23)6-5-17(22)14-2-1-8-20-11-14/h1-4,8,10-11H,5-7,9,12H2,(H2,19,24,25). The zero-order chi connectivity index (χ0) is 18.7. The summed E-state index contributed by atoms with van der Waals surface area (Å²) in [5, 5.41) is 5.17. The Morgan fingerprint density at radius 3 is 2.65 bits per heavy atom. The highest BCUT2D eigenvalue weighted by atomic mass is 32.2. The molecule has 1 aromatic heterocycles. The van der Waals surface area contributed by atoms with Crippen molar-refractivity contribution in [2.45, 2.75) is 30.7 Å². The molecule has 7 nitrogen and oxygen atoms in total. The lowest BCUT2D eigenvalue weighted by atomic mass is 9.99. The van der Waals surface area contributed by atoms with Crippen molar-refractivity contribution in [3.8, 4) is 0 Å². The van der Waals surface area contributed by atoms with Gasteiger partial charge in [0.25, 0.3) is 0 Å². The number of nitrogens with two attached hydrogens (primary N) is 1. The fourth-order valence-corrected chi connectivity index (χ4v) is 3.54. The molecule has 0 unspecified atom stereocenters. The van der Waals surface area contributed by atoms with Crippen molar-refractivity contribution < 1.29 is 18.0 Å². The number of hydrogen-bond acceptors (Lipinski definition) is 5. The number of primary sulfonamides is 1. The molecule has 0 spiro atoms. The number of carbonyl (C=O) groups is 2. The zero-order valence-corrected chi connectivity index (χ0v) is 14.9. The van der Waals surface area contributed by atoms with Gasteiger partial charge < -0.3 is 4.90 Å². The first-order valence-corrected chi connectivity index (χ1v) is 9.75. The monoisotopic (exact) mass is 373 g/mol. The average Bonchev–Trinajstić information content (AvgIpc) is 2.64. The van der Waals surface area contributed by atoms with E-state index in [2.05, 4.69) is 4.98 Å². The molecule has 2 aromatic rings. The Bertz CT molecular complexity index is 942. The van der Waals surface area contributed by atoms with Crippen molar-refractivity contribution in [3.05, 3.63) is 59.4 Å². The molecule has 0 fully saturated rings. The maximum absolute atomic E-state index is 12.4. The zero-order valence-electron chi connectivity index (χ0n) is 14.1. The number of nitrogens with zero attached hydrogens (tertiary/aromatic N) is 2. The summed E-state index contributed by atoms with van der Waals surface area (Å²) in [5.41, 5.74) is 2.27. The first-order chi connectivity index (χ1) is 12.3. The third-order valence-electron chi connectivity index (χ3n) is 4.42. The number of benzene rings is 1. The number of amides is 1. The van der Waals surface area contributed by atoms with Crippen molar-refractivity contribution in [3.63, 3.8) is 0 Å². The fraction of sp³-hybridized carbons (Fsp3) is 0.278. The summed E-state index contributed by atoms with van der Waals surface area (Å²) < 4.78 is 23.0. The van der Waals surface area contributed by atoms with E-state index in [1.165, 1.54) is 18.3 Å². The lowest BCUT2D eigenvalue weighted by Crippen LogP contribution is -2.36. The number of carbonyl (C=O) groups excluding carboxylic acids is 2. The number of fused-ring (bicyclic) bond motifs is 1. The Kier molecular flexibility index (Phi) is 5.15. The number of pyridine rings is 1. The van der Waals surface area contributed by atoms with Crippen molar-refractivity contribution in [2.24, 2.45) is 5.14 Å². The van der Waals surface area contributed by atoms with Crippen LogP contribution in [0.3, 0.4) is 0 Å². The van der Waals surface area contributed by atoms with Crippen LogP contribution in [-0.2, 0) is 27.8 Å².